The number of nitrogens with zero attached hydrogens (tertiary/aromatic N) is 6. The summed E-state index contributed by atoms with van der Waals surface area (Å²) in [7, 11) is 2.14. The number of fused-ring (bicyclic) bond motifs is 3. The Morgan fingerprint density at radius 2 is 1.96 bits per heavy atom. The van der Waals surface area contributed by atoms with Crippen LogP contribution in [0.15, 0.2) is 35.3 Å². The summed E-state index contributed by atoms with van der Waals surface area (Å²) in [6.45, 7) is 5.97. The largest absolute Gasteiger partial charge is 0.360 e. The van der Waals surface area contributed by atoms with Crippen LogP contribution in [0.2, 0.25) is 0 Å². The zero-order valence-electron chi connectivity index (χ0n) is 14.5. The van der Waals surface area contributed by atoms with Gasteiger partial charge in [0.05, 0.1) is 22.9 Å². The molecule has 126 valence electrons. The van der Waals surface area contributed by atoms with E-state index >= 15 is 0 Å². The van der Waals surface area contributed by atoms with Crippen LogP contribution in [-0.2, 0) is 0 Å². The monoisotopic (exact) mass is 332 g/mol. The molecule has 0 N–H and O–H groups in total. The lowest BCUT2D eigenvalue weighted by Gasteiger charge is -2.30. The number of rotatable bonds is 2. The van der Waals surface area contributed by atoms with Crippen LogP contribution in [0.1, 0.15) is 11.1 Å². The van der Waals surface area contributed by atoms with E-state index in [0.29, 0.717) is 11.2 Å². The molecule has 1 aliphatic heterocycles. The average Bonchev–Trinajstić information content (AvgIpc) is 3.00. The van der Waals surface area contributed by atoms with Crippen LogP contribution < -0.4 is 0 Å². The zero-order chi connectivity index (χ0) is 17.4. The number of aliphatic imine (C=N–C) groups is 1. The Hall–Kier alpha value is -2.91. The van der Waals surface area contributed by atoms with E-state index in [-0.39, 0.29) is 0 Å². The van der Waals surface area contributed by atoms with E-state index in [1.165, 1.54) is 0 Å². The van der Waals surface area contributed by atoms with Crippen LogP contribution in [0, 0.1) is 18.3 Å². The third-order valence-corrected chi connectivity index (χ3v) is 4.76. The minimum absolute atomic E-state index is 0.606. The molecule has 25 heavy (non-hydrogen) atoms. The molecule has 0 amide bonds. The number of hydrogen-bond donors (Lipinski definition) is 0. The van der Waals surface area contributed by atoms with Gasteiger partial charge in [-0.25, -0.2) is 9.98 Å². The fraction of sp³-hybridized carbons (Fsp3) is 0.316. The lowest BCUT2D eigenvalue weighted by Crippen LogP contribution is -2.43. The summed E-state index contributed by atoms with van der Waals surface area (Å²) in [4.78, 5) is 13.9. The predicted octanol–water partition coefficient (Wildman–Crippen LogP) is 2.57. The summed E-state index contributed by atoms with van der Waals surface area (Å²) in [5.41, 5.74) is 4.03. The SMILES string of the molecule is Cc1cc(/N=C/N2CCN(C)CC2)n2c(nc3ccccc32)c1C#N. The summed E-state index contributed by atoms with van der Waals surface area (Å²) in [5.74, 6) is 0.805. The number of aromatic nitrogens is 2. The molecule has 3 heterocycles. The lowest BCUT2D eigenvalue weighted by atomic mass is 10.1. The third-order valence-electron chi connectivity index (χ3n) is 4.76. The molecule has 0 bridgehead atoms. The van der Waals surface area contributed by atoms with Crippen molar-refractivity contribution in [2.75, 3.05) is 33.2 Å². The number of benzene rings is 1. The summed E-state index contributed by atoms with van der Waals surface area (Å²) in [5, 5.41) is 9.54. The van der Waals surface area contributed by atoms with Crippen molar-refractivity contribution < 1.29 is 0 Å². The maximum Gasteiger partial charge on any atom is 0.157 e. The van der Waals surface area contributed by atoms with E-state index in [1.54, 1.807) is 0 Å². The smallest absolute Gasteiger partial charge is 0.157 e. The van der Waals surface area contributed by atoms with Gasteiger partial charge in [0.25, 0.3) is 0 Å². The van der Waals surface area contributed by atoms with E-state index in [2.05, 4.69) is 27.9 Å². The van der Waals surface area contributed by atoms with Gasteiger partial charge in [-0.1, -0.05) is 12.1 Å². The van der Waals surface area contributed by atoms with Gasteiger partial charge < -0.3 is 9.80 Å². The van der Waals surface area contributed by atoms with Gasteiger partial charge in [0.1, 0.15) is 11.9 Å². The van der Waals surface area contributed by atoms with Crippen molar-refractivity contribution in [1.82, 2.24) is 19.2 Å². The molecular weight excluding hydrogens is 312 g/mol. The molecule has 0 radical (unpaired) electrons. The lowest BCUT2D eigenvalue weighted by molar-refractivity contribution is 0.219. The van der Waals surface area contributed by atoms with Gasteiger partial charge in [-0.05, 0) is 37.7 Å². The topological polar surface area (TPSA) is 59.9 Å². The fourth-order valence-corrected chi connectivity index (χ4v) is 3.24. The van der Waals surface area contributed by atoms with E-state index in [0.717, 1.165) is 48.6 Å². The molecular formula is C19H20N6. The van der Waals surface area contributed by atoms with Crippen LogP contribution in [0.25, 0.3) is 16.7 Å². The van der Waals surface area contributed by atoms with E-state index in [4.69, 9.17) is 4.99 Å². The van der Waals surface area contributed by atoms with Crippen molar-refractivity contribution in [3.05, 3.63) is 41.5 Å². The molecule has 4 rings (SSSR count). The van der Waals surface area contributed by atoms with Crippen molar-refractivity contribution in [1.29, 1.82) is 5.26 Å². The first-order chi connectivity index (χ1) is 12.2. The zero-order valence-corrected chi connectivity index (χ0v) is 14.5. The third kappa shape index (κ3) is 2.73. The Bertz CT molecular complexity index is 1000. The number of imidazole rings is 1. The van der Waals surface area contributed by atoms with Gasteiger partial charge in [-0.3, -0.25) is 4.40 Å². The van der Waals surface area contributed by atoms with Crippen molar-refractivity contribution in [3.63, 3.8) is 0 Å². The first kappa shape index (κ1) is 15.6. The standard InChI is InChI=1S/C19H20N6/c1-14-11-18(21-13-24-9-7-23(2)8-10-24)25-17-6-4-3-5-16(17)22-19(25)15(14)12-20/h3-6,11,13H,7-10H2,1-2H3/b21-13+. The summed E-state index contributed by atoms with van der Waals surface area (Å²) in [6, 6.07) is 12.2. The van der Waals surface area contributed by atoms with Gasteiger partial charge in [0, 0.05) is 26.2 Å². The van der Waals surface area contributed by atoms with E-state index in [9.17, 15) is 5.26 Å². The quantitative estimate of drug-likeness (QED) is 0.534. The second-order valence-electron chi connectivity index (χ2n) is 6.52. The second kappa shape index (κ2) is 6.19. The Kier molecular flexibility index (Phi) is 3.86. The molecule has 6 nitrogen and oxygen atoms in total. The molecule has 0 spiro atoms. The summed E-state index contributed by atoms with van der Waals surface area (Å²) < 4.78 is 1.98. The minimum Gasteiger partial charge on any atom is -0.360 e. The highest BCUT2D eigenvalue weighted by Gasteiger charge is 2.15. The molecule has 0 unspecified atom stereocenters. The highest BCUT2D eigenvalue weighted by molar-refractivity contribution is 5.85. The van der Waals surface area contributed by atoms with Gasteiger partial charge in [0.15, 0.2) is 5.65 Å². The molecule has 6 heteroatoms. The van der Waals surface area contributed by atoms with Crippen molar-refractivity contribution in [3.8, 4) is 6.07 Å². The number of piperazine rings is 1. The number of pyridine rings is 1. The molecule has 1 aromatic carbocycles. The van der Waals surface area contributed by atoms with Crippen molar-refractivity contribution in [2.45, 2.75) is 6.92 Å². The molecule has 1 fully saturated rings. The van der Waals surface area contributed by atoms with Gasteiger partial charge in [-0.15, -0.1) is 0 Å². The Labute approximate surface area is 146 Å². The summed E-state index contributed by atoms with van der Waals surface area (Å²) in [6.07, 6.45) is 1.92. The van der Waals surface area contributed by atoms with Crippen LogP contribution in [0.4, 0.5) is 5.82 Å². The highest BCUT2D eigenvalue weighted by Crippen LogP contribution is 2.27. The van der Waals surface area contributed by atoms with E-state index < -0.39 is 0 Å². The van der Waals surface area contributed by atoms with Crippen LogP contribution in [0.3, 0.4) is 0 Å². The Morgan fingerprint density at radius 1 is 1.20 bits per heavy atom. The number of nitriles is 1. The number of likely N-dealkylation sites (N-methyl/N-ethyl adjacent to an activating group) is 1. The molecule has 1 aliphatic rings. The first-order valence-corrected chi connectivity index (χ1v) is 8.45. The van der Waals surface area contributed by atoms with Gasteiger partial charge in [0.2, 0.25) is 0 Å². The molecule has 2 aromatic heterocycles. The maximum absolute atomic E-state index is 9.54. The molecule has 0 aliphatic carbocycles. The van der Waals surface area contributed by atoms with Crippen LogP contribution in [0.5, 0.6) is 0 Å². The normalized spacial score (nSPS) is 16.1. The number of hydrogen-bond acceptors (Lipinski definition) is 4. The van der Waals surface area contributed by atoms with Crippen molar-refractivity contribution >= 4 is 28.8 Å². The second-order valence-corrected chi connectivity index (χ2v) is 6.52. The molecule has 1 saturated heterocycles. The Morgan fingerprint density at radius 3 is 2.72 bits per heavy atom. The summed E-state index contributed by atoms with van der Waals surface area (Å²) >= 11 is 0. The predicted molar refractivity (Wildman–Crippen MR) is 99.4 cm³/mol. The van der Waals surface area contributed by atoms with Gasteiger partial charge >= 0.3 is 0 Å². The number of para-hydroxylation sites is 2. The average molecular weight is 332 g/mol. The van der Waals surface area contributed by atoms with Gasteiger partial charge in [-0.2, -0.15) is 5.26 Å². The molecule has 3 aromatic rings. The maximum atomic E-state index is 9.54. The van der Waals surface area contributed by atoms with Crippen molar-refractivity contribution in [2.24, 2.45) is 4.99 Å². The minimum atomic E-state index is 0.606. The first-order valence-electron chi connectivity index (χ1n) is 8.45. The Balaban J connectivity index is 1.84. The number of aryl methyl sites for hydroxylation is 1. The fourth-order valence-electron chi connectivity index (χ4n) is 3.24. The highest BCUT2D eigenvalue weighted by atomic mass is 15.3. The van der Waals surface area contributed by atoms with E-state index in [1.807, 2.05) is 48.0 Å². The van der Waals surface area contributed by atoms with Crippen LogP contribution in [-0.4, -0.2) is 58.7 Å². The molecule has 0 atom stereocenters. The van der Waals surface area contributed by atoms with Crippen LogP contribution >= 0.6 is 0 Å². The molecule has 0 saturated carbocycles.